The molecule has 16 heavy (non-hydrogen) atoms. The van der Waals surface area contributed by atoms with Gasteiger partial charge < -0.3 is 10.8 Å². The van der Waals surface area contributed by atoms with Crippen molar-refractivity contribution >= 4 is 15.9 Å². The molecule has 3 N–H and O–H groups in total. The Bertz CT molecular complexity index is 342. The van der Waals surface area contributed by atoms with Gasteiger partial charge >= 0.3 is 0 Å². The van der Waals surface area contributed by atoms with E-state index in [4.69, 9.17) is 5.73 Å². The average Bonchev–Trinajstić information content (AvgIpc) is 2.28. The summed E-state index contributed by atoms with van der Waals surface area (Å²) in [6.45, 7) is 4.37. The number of benzene rings is 1. The predicted molar refractivity (Wildman–Crippen MR) is 71.5 cm³/mol. The van der Waals surface area contributed by atoms with E-state index in [0.29, 0.717) is 6.42 Å². The van der Waals surface area contributed by atoms with Crippen molar-refractivity contribution in [2.75, 3.05) is 6.61 Å². The molecule has 0 radical (unpaired) electrons. The molecule has 0 heterocycles. The number of aliphatic hydroxyl groups excluding tert-OH is 1. The molecule has 1 aromatic carbocycles. The van der Waals surface area contributed by atoms with E-state index in [1.165, 1.54) is 5.56 Å². The van der Waals surface area contributed by atoms with Crippen LogP contribution in [0.15, 0.2) is 28.7 Å². The molecule has 0 amide bonds. The van der Waals surface area contributed by atoms with E-state index in [0.717, 1.165) is 10.9 Å². The van der Waals surface area contributed by atoms with Gasteiger partial charge in [0.15, 0.2) is 0 Å². The van der Waals surface area contributed by atoms with Gasteiger partial charge in [0.05, 0.1) is 0 Å². The van der Waals surface area contributed by atoms with E-state index in [1.54, 1.807) is 0 Å². The summed E-state index contributed by atoms with van der Waals surface area (Å²) in [6, 6.07) is 8.24. The van der Waals surface area contributed by atoms with Crippen LogP contribution in [-0.4, -0.2) is 17.8 Å². The Morgan fingerprint density at radius 1 is 1.50 bits per heavy atom. The van der Waals surface area contributed by atoms with Crippen molar-refractivity contribution in [3.63, 3.8) is 0 Å². The van der Waals surface area contributed by atoms with Crippen molar-refractivity contribution in [3.05, 3.63) is 34.3 Å². The van der Waals surface area contributed by atoms with Crippen LogP contribution >= 0.6 is 15.9 Å². The molecule has 0 aromatic heterocycles. The van der Waals surface area contributed by atoms with Gasteiger partial charge in [-0.2, -0.15) is 0 Å². The topological polar surface area (TPSA) is 46.2 Å². The van der Waals surface area contributed by atoms with E-state index < -0.39 is 0 Å². The zero-order valence-electron chi connectivity index (χ0n) is 9.91. The molecular weight excluding hydrogens is 266 g/mol. The summed E-state index contributed by atoms with van der Waals surface area (Å²) in [5.74, 6) is 0. The predicted octanol–water partition coefficient (Wildman–Crippen LogP) is 2.83. The van der Waals surface area contributed by atoms with E-state index >= 15 is 0 Å². The molecule has 0 bridgehead atoms. The molecule has 1 aromatic rings. The molecule has 0 aliphatic rings. The average molecular weight is 286 g/mol. The summed E-state index contributed by atoms with van der Waals surface area (Å²) in [7, 11) is 0. The lowest BCUT2D eigenvalue weighted by molar-refractivity contribution is 0.223. The fourth-order valence-corrected chi connectivity index (χ4v) is 2.47. The third-order valence-corrected chi connectivity index (χ3v) is 3.87. The van der Waals surface area contributed by atoms with Crippen molar-refractivity contribution in [1.29, 1.82) is 0 Å². The molecule has 2 atom stereocenters. The van der Waals surface area contributed by atoms with Crippen molar-refractivity contribution in [2.24, 2.45) is 5.73 Å². The summed E-state index contributed by atoms with van der Waals surface area (Å²) in [5.41, 5.74) is 7.22. The lowest BCUT2D eigenvalue weighted by Crippen LogP contribution is -2.43. The fourth-order valence-electron chi connectivity index (χ4n) is 2.07. The number of nitrogens with two attached hydrogens (primary N) is 1. The molecule has 1 rings (SSSR count). The minimum Gasteiger partial charge on any atom is -0.396 e. The molecule has 0 saturated heterocycles. The Kier molecular flexibility index (Phi) is 4.96. The second-order valence-electron chi connectivity index (χ2n) is 4.42. The quantitative estimate of drug-likeness (QED) is 0.874. The first-order valence-corrected chi connectivity index (χ1v) is 6.46. The molecule has 2 nitrogen and oxygen atoms in total. The molecule has 0 spiro atoms. The highest BCUT2D eigenvalue weighted by molar-refractivity contribution is 9.10. The van der Waals surface area contributed by atoms with Crippen LogP contribution in [-0.2, 0) is 5.41 Å². The van der Waals surface area contributed by atoms with Gasteiger partial charge in [0.2, 0.25) is 0 Å². The lowest BCUT2D eigenvalue weighted by atomic mass is 9.73. The number of halogens is 1. The minimum absolute atomic E-state index is 0.0638. The Labute approximate surface area is 106 Å². The highest BCUT2D eigenvalue weighted by atomic mass is 79.9. The fraction of sp³-hybridized carbons (Fsp3) is 0.538. The molecule has 0 aliphatic carbocycles. The van der Waals surface area contributed by atoms with Gasteiger partial charge in [-0.05, 0) is 30.5 Å². The molecule has 0 aliphatic heterocycles. The highest BCUT2D eigenvalue weighted by Crippen LogP contribution is 2.33. The first kappa shape index (κ1) is 13.7. The normalized spacial score (nSPS) is 16.8. The third kappa shape index (κ3) is 2.84. The standard InChI is InChI=1S/C13H20BrNO/c1-3-12(15)13(2,7-8-16)10-5-4-6-11(14)9-10/h4-6,9,12,16H,3,7-8,15H2,1-2H3. The maximum atomic E-state index is 9.21. The van der Waals surface area contributed by atoms with E-state index in [-0.39, 0.29) is 18.1 Å². The number of aliphatic hydroxyl groups is 1. The van der Waals surface area contributed by atoms with Crippen LogP contribution in [0.2, 0.25) is 0 Å². The number of rotatable bonds is 5. The van der Waals surface area contributed by atoms with Gasteiger partial charge in [-0.3, -0.25) is 0 Å². The second kappa shape index (κ2) is 5.80. The minimum atomic E-state index is -0.159. The zero-order chi connectivity index (χ0) is 12.2. The van der Waals surface area contributed by atoms with Gasteiger partial charge in [0.1, 0.15) is 0 Å². The van der Waals surface area contributed by atoms with Gasteiger partial charge in [-0.15, -0.1) is 0 Å². The molecule has 90 valence electrons. The molecule has 0 saturated carbocycles. The summed E-state index contributed by atoms with van der Waals surface area (Å²) >= 11 is 3.47. The first-order valence-electron chi connectivity index (χ1n) is 5.67. The van der Waals surface area contributed by atoms with Crippen molar-refractivity contribution in [3.8, 4) is 0 Å². The zero-order valence-corrected chi connectivity index (χ0v) is 11.5. The van der Waals surface area contributed by atoms with Crippen LogP contribution in [0.1, 0.15) is 32.3 Å². The maximum Gasteiger partial charge on any atom is 0.0440 e. The number of hydrogen-bond acceptors (Lipinski definition) is 2. The van der Waals surface area contributed by atoms with Crippen molar-refractivity contribution in [1.82, 2.24) is 0 Å². The van der Waals surface area contributed by atoms with Crippen LogP contribution in [0.25, 0.3) is 0 Å². The van der Waals surface area contributed by atoms with Crippen LogP contribution in [0.3, 0.4) is 0 Å². The monoisotopic (exact) mass is 285 g/mol. The summed E-state index contributed by atoms with van der Waals surface area (Å²) < 4.78 is 1.05. The second-order valence-corrected chi connectivity index (χ2v) is 5.33. The highest BCUT2D eigenvalue weighted by Gasteiger charge is 2.32. The lowest BCUT2D eigenvalue weighted by Gasteiger charge is -2.35. The Hall–Kier alpha value is -0.380. The molecule has 0 fully saturated rings. The van der Waals surface area contributed by atoms with Gasteiger partial charge in [0.25, 0.3) is 0 Å². The van der Waals surface area contributed by atoms with Crippen molar-refractivity contribution in [2.45, 2.75) is 38.1 Å². The SMILES string of the molecule is CCC(N)C(C)(CCO)c1cccc(Br)c1. The number of hydrogen-bond donors (Lipinski definition) is 2. The third-order valence-electron chi connectivity index (χ3n) is 3.37. The van der Waals surface area contributed by atoms with Gasteiger partial charge in [0, 0.05) is 22.5 Å². The largest absolute Gasteiger partial charge is 0.396 e. The molecule has 3 heteroatoms. The van der Waals surface area contributed by atoms with Crippen LogP contribution < -0.4 is 5.73 Å². The van der Waals surface area contributed by atoms with Crippen LogP contribution in [0, 0.1) is 0 Å². The van der Waals surface area contributed by atoms with E-state index in [2.05, 4.69) is 41.9 Å². The smallest absolute Gasteiger partial charge is 0.0440 e. The van der Waals surface area contributed by atoms with E-state index in [1.807, 2.05) is 12.1 Å². The first-order chi connectivity index (χ1) is 7.54. The van der Waals surface area contributed by atoms with Crippen molar-refractivity contribution < 1.29 is 5.11 Å². The Morgan fingerprint density at radius 3 is 2.69 bits per heavy atom. The summed E-state index contributed by atoms with van der Waals surface area (Å²) in [4.78, 5) is 0. The van der Waals surface area contributed by atoms with Crippen LogP contribution in [0.4, 0.5) is 0 Å². The molecule has 2 unspecified atom stereocenters. The Balaban J connectivity index is 3.10. The summed E-state index contributed by atoms with van der Waals surface area (Å²) in [6.07, 6.45) is 1.60. The maximum absolute atomic E-state index is 9.21. The van der Waals surface area contributed by atoms with E-state index in [9.17, 15) is 5.11 Å². The van der Waals surface area contributed by atoms with Gasteiger partial charge in [-0.1, -0.05) is 41.9 Å². The Morgan fingerprint density at radius 2 is 2.19 bits per heavy atom. The van der Waals surface area contributed by atoms with Gasteiger partial charge in [-0.25, -0.2) is 0 Å². The van der Waals surface area contributed by atoms with Crippen LogP contribution in [0.5, 0.6) is 0 Å². The summed E-state index contributed by atoms with van der Waals surface area (Å²) in [5, 5.41) is 9.21. The molecular formula is C13H20BrNO.